The molecule has 0 saturated carbocycles. The summed E-state index contributed by atoms with van der Waals surface area (Å²) in [4.78, 5) is 5.31. The minimum absolute atomic E-state index is 0.213. The van der Waals surface area contributed by atoms with Gasteiger partial charge in [0.05, 0.1) is 0 Å². The van der Waals surface area contributed by atoms with E-state index >= 15 is 0 Å². The van der Waals surface area contributed by atoms with Crippen LogP contribution < -0.4 is 0 Å². The van der Waals surface area contributed by atoms with Crippen LogP contribution in [0.3, 0.4) is 0 Å². The molecule has 100 valence electrons. The Morgan fingerprint density at radius 3 is 3.00 bits per heavy atom. The Morgan fingerprint density at radius 1 is 1.42 bits per heavy atom. The van der Waals surface area contributed by atoms with E-state index in [-0.39, 0.29) is 11.4 Å². The zero-order chi connectivity index (χ0) is 13.5. The second-order valence-electron chi connectivity index (χ2n) is 5.11. The van der Waals surface area contributed by atoms with Gasteiger partial charge in [0.2, 0.25) is 0 Å². The minimum Gasteiger partial charge on any atom is -0.508 e. The van der Waals surface area contributed by atoms with E-state index in [2.05, 4.69) is 10.3 Å². The zero-order valence-corrected chi connectivity index (χ0v) is 11.5. The maximum atomic E-state index is 9.50. The Bertz CT molecular complexity index is 648. The number of phenols is 1. The molecule has 1 aromatic heterocycles. The Labute approximate surface area is 114 Å². The molecule has 2 aromatic rings. The smallest absolute Gasteiger partial charge is 0.167 e. The summed E-state index contributed by atoms with van der Waals surface area (Å²) >= 11 is 1.59. The third-order valence-corrected chi connectivity index (χ3v) is 3.85. The van der Waals surface area contributed by atoms with Crippen molar-refractivity contribution in [1.29, 1.82) is 0 Å². The van der Waals surface area contributed by atoms with Crippen molar-refractivity contribution < 1.29 is 14.5 Å². The maximum Gasteiger partial charge on any atom is 0.167 e. The topological polar surface area (TPSA) is 67.9 Å². The van der Waals surface area contributed by atoms with Gasteiger partial charge in [-0.3, -0.25) is 0 Å². The first-order chi connectivity index (χ1) is 9.03. The van der Waals surface area contributed by atoms with Crippen molar-refractivity contribution in [3.05, 3.63) is 23.9 Å². The van der Waals surface area contributed by atoms with Crippen molar-refractivity contribution >= 4 is 27.8 Å². The maximum absolute atomic E-state index is 9.50. The Balaban J connectivity index is 1.74. The van der Waals surface area contributed by atoms with Crippen LogP contribution >= 0.6 is 11.8 Å². The van der Waals surface area contributed by atoms with Gasteiger partial charge in [-0.15, -0.1) is 11.8 Å². The number of nitrogens with zero attached hydrogens (tertiary/aromatic N) is 2. The van der Waals surface area contributed by atoms with E-state index in [0.717, 1.165) is 22.5 Å². The molecule has 0 spiro atoms. The van der Waals surface area contributed by atoms with Crippen LogP contribution in [0, 0.1) is 0 Å². The summed E-state index contributed by atoms with van der Waals surface area (Å²) in [7, 11) is 0. The third kappa shape index (κ3) is 2.53. The molecule has 6 heteroatoms. The van der Waals surface area contributed by atoms with E-state index in [1.165, 1.54) is 0 Å². The minimum atomic E-state index is -0.216. The van der Waals surface area contributed by atoms with Crippen molar-refractivity contribution in [3.63, 3.8) is 0 Å². The van der Waals surface area contributed by atoms with Gasteiger partial charge in [-0.05, 0) is 32.0 Å². The standard InChI is InChI=1S/C13H14N2O3S/c1-13(2)6-12(15-18-13)19-7-10-9-5-8(16)3-4-11(9)17-14-10/h3-5,16H,6-7H2,1-2H3. The van der Waals surface area contributed by atoms with Crippen molar-refractivity contribution in [2.45, 2.75) is 31.6 Å². The number of aromatic nitrogens is 1. The lowest BCUT2D eigenvalue weighted by Gasteiger charge is -2.12. The zero-order valence-electron chi connectivity index (χ0n) is 10.7. The van der Waals surface area contributed by atoms with Gasteiger partial charge in [-0.25, -0.2) is 0 Å². The van der Waals surface area contributed by atoms with Gasteiger partial charge >= 0.3 is 0 Å². The molecule has 5 nitrogen and oxygen atoms in total. The van der Waals surface area contributed by atoms with Gasteiger partial charge in [0.15, 0.2) is 5.58 Å². The molecule has 1 N–H and O–H groups in total. The highest BCUT2D eigenvalue weighted by atomic mass is 32.2. The molecule has 19 heavy (non-hydrogen) atoms. The molecule has 0 fully saturated rings. The molecule has 1 aliphatic heterocycles. The normalized spacial score (nSPS) is 17.5. The lowest BCUT2D eigenvalue weighted by atomic mass is 10.1. The van der Waals surface area contributed by atoms with Crippen LogP contribution in [0.25, 0.3) is 11.0 Å². The highest BCUT2D eigenvalue weighted by Crippen LogP contribution is 2.31. The SMILES string of the molecule is CC1(C)CC(SCc2noc3ccc(O)cc23)=NO1. The predicted octanol–water partition coefficient (Wildman–Crippen LogP) is 3.28. The van der Waals surface area contributed by atoms with E-state index < -0.39 is 0 Å². The fourth-order valence-corrected chi connectivity index (χ4v) is 2.96. The van der Waals surface area contributed by atoms with E-state index in [4.69, 9.17) is 9.36 Å². The molecular weight excluding hydrogens is 264 g/mol. The van der Waals surface area contributed by atoms with Crippen LogP contribution in [0.5, 0.6) is 5.75 Å². The van der Waals surface area contributed by atoms with Gasteiger partial charge in [-0.1, -0.05) is 10.3 Å². The van der Waals surface area contributed by atoms with Crippen LogP contribution in [0.15, 0.2) is 27.9 Å². The highest BCUT2D eigenvalue weighted by molar-refractivity contribution is 8.13. The van der Waals surface area contributed by atoms with Gasteiger partial charge in [0.25, 0.3) is 0 Å². The molecule has 3 rings (SSSR count). The van der Waals surface area contributed by atoms with Gasteiger partial charge < -0.3 is 14.5 Å². The van der Waals surface area contributed by atoms with E-state index in [1.807, 2.05) is 13.8 Å². The summed E-state index contributed by atoms with van der Waals surface area (Å²) in [5.41, 5.74) is 1.27. The van der Waals surface area contributed by atoms with Crippen molar-refractivity contribution in [2.24, 2.45) is 5.16 Å². The second-order valence-corrected chi connectivity index (χ2v) is 6.16. The van der Waals surface area contributed by atoms with Crippen molar-refractivity contribution in [1.82, 2.24) is 5.16 Å². The first-order valence-corrected chi connectivity index (χ1v) is 6.97. The molecule has 0 unspecified atom stereocenters. The van der Waals surface area contributed by atoms with Crippen LogP contribution in [0.2, 0.25) is 0 Å². The number of phenolic OH excluding ortho intramolecular Hbond substituents is 1. The average Bonchev–Trinajstić information content (AvgIpc) is 2.90. The molecule has 0 bridgehead atoms. The molecule has 1 aliphatic rings. The number of thioether (sulfide) groups is 1. The summed E-state index contributed by atoms with van der Waals surface area (Å²) in [5.74, 6) is 0.860. The molecular formula is C13H14N2O3S. The van der Waals surface area contributed by atoms with Crippen LogP contribution in [-0.4, -0.2) is 20.9 Å². The molecule has 0 radical (unpaired) electrons. The van der Waals surface area contributed by atoms with Crippen LogP contribution in [-0.2, 0) is 10.6 Å². The second kappa shape index (κ2) is 4.45. The predicted molar refractivity (Wildman–Crippen MR) is 74.2 cm³/mol. The van der Waals surface area contributed by atoms with Crippen LogP contribution in [0.1, 0.15) is 26.0 Å². The Hall–Kier alpha value is -1.69. The lowest BCUT2D eigenvalue weighted by Crippen LogP contribution is -2.18. The number of benzene rings is 1. The van der Waals surface area contributed by atoms with E-state index in [1.54, 1.807) is 30.0 Å². The summed E-state index contributed by atoms with van der Waals surface area (Å²) < 4.78 is 5.21. The number of rotatable bonds is 2. The van der Waals surface area contributed by atoms with Gasteiger partial charge in [0.1, 0.15) is 22.1 Å². The monoisotopic (exact) mass is 278 g/mol. The summed E-state index contributed by atoms with van der Waals surface area (Å²) in [6.45, 7) is 4.02. The molecule has 2 heterocycles. The van der Waals surface area contributed by atoms with Gasteiger partial charge in [-0.2, -0.15) is 0 Å². The number of oxime groups is 1. The number of fused-ring (bicyclic) bond motifs is 1. The Kier molecular flexibility index (Phi) is 2.89. The number of hydrogen-bond acceptors (Lipinski definition) is 6. The highest BCUT2D eigenvalue weighted by Gasteiger charge is 2.29. The average molecular weight is 278 g/mol. The van der Waals surface area contributed by atoms with Gasteiger partial charge in [0, 0.05) is 17.6 Å². The van der Waals surface area contributed by atoms with E-state index in [0.29, 0.717) is 11.3 Å². The largest absolute Gasteiger partial charge is 0.508 e. The summed E-state index contributed by atoms with van der Waals surface area (Å²) in [6, 6.07) is 4.96. The Morgan fingerprint density at radius 2 is 2.26 bits per heavy atom. The molecule has 0 aliphatic carbocycles. The van der Waals surface area contributed by atoms with Crippen molar-refractivity contribution in [3.8, 4) is 5.75 Å². The fraction of sp³-hybridized carbons (Fsp3) is 0.385. The number of aromatic hydroxyl groups is 1. The van der Waals surface area contributed by atoms with Crippen LogP contribution in [0.4, 0.5) is 0 Å². The lowest BCUT2D eigenvalue weighted by molar-refractivity contribution is 0.0123. The van der Waals surface area contributed by atoms with Crippen molar-refractivity contribution in [2.75, 3.05) is 0 Å². The van der Waals surface area contributed by atoms with E-state index in [9.17, 15) is 5.11 Å². The first kappa shape index (κ1) is 12.3. The quantitative estimate of drug-likeness (QED) is 0.913. The molecule has 0 amide bonds. The summed E-state index contributed by atoms with van der Waals surface area (Å²) in [6.07, 6.45) is 0.804. The first-order valence-electron chi connectivity index (χ1n) is 5.99. The number of hydrogen-bond donors (Lipinski definition) is 1. The fourth-order valence-electron chi connectivity index (χ4n) is 1.91. The summed E-state index contributed by atoms with van der Waals surface area (Å²) in [5, 5.41) is 19.4. The molecule has 0 atom stereocenters. The molecule has 1 aromatic carbocycles. The third-order valence-electron chi connectivity index (χ3n) is 2.88. The molecule has 0 saturated heterocycles.